The van der Waals surface area contributed by atoms with Crippen LogP contribution in [0.25, 0.3) is 22.3 Å². The SMILES string of the molecule is C#C[C@@]1(O)[C@@H](COC(Cc2ccc(N3CCCNC3=O)cc2)(C(=O)O)c2cscn2)O[C@@H](n2cnc3c(N)nc(Cl)nc32)[C@@H]1O.C#C[C@@]1(O)[C@@H](COC(Cc2ccc(N3CCCNC3=O)cc2)(C(=O)O)c2cscn2)O[C@@H](n2cnc3c(NC(=O)OC(C)(C)C)nc(Cl)nc32)[C@@H]1O. The summed E-state index contributed by atoms with van der Waals surface area (Å²) in [6.07, 6.45) is 5.10. The highest BCUT2D eigenvalue weighted by Gasteiger charge is 2.59. The number of aromatic nitrogens is 10. The van der Waals surface area contributed by atoms with Gasteiger partial charge in [-0.15, -0.1) is 35.5 Å². The van der Waals surface area contributed by atoms with E-state index in [1.807, 2.05) is 0 Å². The highest BCUT2D eigenvalue weighted by Crippen LogP contribution is 2.43. The Labute approximate surface area is 568 Å². The number of nitrogens with two attached hydrogens (primary N) is 1. The number of amides is 5. The van der Waals surface area contributed by atoms with Gasteiger partial charge in [0.1, 0.15) is 35.5 Å². The van der Waals surface area contributed by atoms with E-state index in [4.69, 9.17) is 65.5 Å². The van der Waals surface area contributed by atoms with Crippen molar-refractivity contribution >= 4 is 121 Å². The van der Waals surface area contributed by atoms with Crippen molar-refractivity contribution < 1.29 is 78.3 Å². The molecule has 5 amide bonds. The smallest absolute Gasteiger partial charge is 0.413 e. The van der Waals surface area contributed by atoms with Crippen LogP contribution < -0.4 is 31.5 Å². The number of nitrogens with zero attached hydrogens (tertiary/aromatic N) is 12. The number of aliphatic hydroxyl groups excluding tert-OH is 2. The molecule has 4 fully saturated rings. The molecule has 0 aliphatic carbocycles. The van der Waals surface area contributed by atoms with E-state index >= 15 is 0 Å². The quantitative estimate of drug-likeness (QED) is 0.0397. The average Bonchev–Trinajstić information content (AvgIpc) is 1.43. The van der Waals surface area contributed by atoms with Crippen LogP contribution in [0.1, 0.15) is 68.6 Å². The van der Waals surface area contributed by atoms with E-state index in [1.165, 1.54) is 49.5 Å². The Morgan fingerprint density at radius 2 is 1.13 bits per heavy atom. The second-order valence-corrected chi connectivity index (χ2v) is 25.8. The summed E-state index contributed by atoms with van der Waals surface area (Å²) in [6, 6.07) is 13.2. The highest BCUT2D eigenvalue weighted by atomic mass is 35.5. The van der Waals surface area contributed by atoms with E-state index in [1.54, 1.807) is 84.5 Å². The number of nitrogen functional groups attached to an aromatic ring is 1. The number of carboxylic acid groups (broad SMARTS) is 2. The summed E-state index contributed by atoms with van der Waals surface area (Å²) in [5, 5.41) is 77.5. The lowest BCUT2D eigenvalue weighted by Gasteiger charge is -2.32. The molecule has 0 radical (unpaired) electrons. The summed E-state index contributed by atoms with van der Waals surface area (Å²) in [4.78, 5) is 99.5. The van der Waals surface area contributed by atoms with Gasteiger partial charge in [0, 0.05) is 61.2 Å². The van der Waals surface area contributed by atoms with Gasteiger partial charge in [-0.1, -0.05) is 36.1 Å². The second kappa shape index (κ2) is 27.7. The number of hydrogen-bond donors (Lipinski definition) is 10. The van der Waals surface area contributed by atoms with Gasteiger partial charge in [-0.25, -0.2) is 43.9 Å². The van der Waals surface area contributed by atoms with Crippen LogP contribution in [0.15, 0.2) is 83.0 Å². The van der Waals surface area contributed by atoms with Crippen LogP contribution in [0, 0.1) is 24.7 Å². The number of nitrogens with one attached hydrogen (secondary N) is 3. The van der Waals surface area contributed by atoms with Crippen molar-refractivity contribution in [2.45, 2.75) is 111 Å². The van der Waals surface area contributed by atoms with Crippen LogP contribution in [0.2, 0.25) is 10.6 Å². The number of thiazole rings is 2. The maximum atomic E-state index is 13.1. The van der Waals surface area contributed by atoms with E-state index in [0.717, 1.165) is 24.2 Å². The molecule has 12 rings (SSSR count). The summed E-state index contributed by atoms with van der Waals surface area (Å²) < 4.78 is 32.2. The first-order valence-electron chi connectivity index (χ1n) is 29.7. The number of rotatable bonds is 19. The van der Waals surface area contributed by atoms with E-state index in [9.17, 15) is 54.6 Å². The van der Waals surface area contributed by atoms with E-state index < -0.39 is 96.1 Å². The highest BCUT2D eigenvalue weighted by molar-refractivity contribution is 7.07. The lowest BCUT2D eigenvalue weighted by Crippen LogP contribution is -2.50. The number of aliphatic carboxylic acids is 2. The summed E-state index contributed by atoms with van der Waals surface area (Å²) >= 11 is 14.5. The van der Waals surface area contributed by atoms with Crippen LogP contribution >= 0.6 is 45.9 Å². The number of imidazole rings is 2. The number of benzene rings is 2. The number of carbonyl (C=O) groups excluding carboxylic acids is 3. The standard InChI is InChI=1S/C33H35ClN8O9S.C28H27ClN8O7S/c1-5-32(48)21(50-26(23(32)43)42-16-36-22-24(38-28(34)40-25(22)42)39-30(47)51-31(2,3)4)14-49-33(27(44)45,20-15-52-17-37-20)13-18-7-9-19(10-8-18)41-12-6-11-35-29(41)46;1-2-27(42)18(44-23(20(27)38)37-13-32-19-21(30)34-25(29)35-22(19)37)11-43-28(24(39)40,17-12-45-14-33-17)10-15-4-6-16(7-5-15)36-9-3-8-31-26(36)41/h1,7-10,15-17,21,23,26,43,48H,6,11-14H2,2-4H3,(H,35,46)(H,44,45)(H,38,39,40,47);1,4-7,12-14,18,20,23,38,42H,3,8-11H2,(H,31,41)(H,39,40)(H2,30,34,35)/t21-,23+,26-,32-,33?;18-,20+,23-,27-,28?/m11/s1. The molecule has 11 N–H and O–H groups in total. The zero-order valence-electron chi connectivity index (χ0n) is 51.6. The topological polar surface area (TPSA) is 434 Å². The molecule has 0 bridgehead atoms. The first-order valence-corrected chi connectivity index (χ1v) is 32.3. The molecule has 10 atom stereocenters. The molecule has 0 saturated carbocycles. The third-order valence-corrected chi connectivity index (χ3v) is 17.9. The molecular formula is C61H62Cl2N16O16S2. The van der Waals surface area contributed by atoms with Gasteiger partial charge in [-0.05, 0) is 92.2 Å². The number of terminal acetylenes is 2. The number of fused-ring (bicyclic) bond motifs is 2. The Morgan fingerprint density at radius 3 is 1.54 bits per heavy atom. The van der Waals surface area contributed by atoms with Crippen molar-refractivity contribution in [2.75, 3.05) is 60.2 Å². The normalized spacial score (nSPS) is 23.9. The largest absolute Gasteiger partial charge is 0.479 e. The van der Waals surface area contributed by atoms with Crippen LogP contribution in [0.5, 0.6) is 0 Å². The third kappa shape index (κ3) is 13.6. The maximum absolute atomic E-state index is 13.1. The van der Waals surface area contributed by atoms with Gasteiger partial charge in [0.25, 0.3) is 0 Å². The maximum Gasteiger partial charge on any atom is 0.413 e. The molecule has 4 aliphatic rings. The lowest BCUT2D eigenvalue weighted by molar-refractivity contribution is -0.179. The fraction of sp³-hybridized carbons (Fsp3) is 0.393. The zero-order valence-corrected chi connectivity index (χ0v) is 54.7. The molecule has 6 aromatic heterocycles. The number of aliphatic hydroxyl groups is 4. The van der Waals surface area contributed by atoms with Crippen molar-refractivity contribution in [3.63, 3.8) is 0 Å². The van der Waals surface area contributed by atoms with Crippen molar-refractivity contribution in [1.82, 2.24) is 59.6 Å². The fourth-order valence-electron chi connectivity index (χ4n) is 11.4. The third-order valence-electron chi connectivity index (χ3n) is 16.4. The summed E-state index contributed by atoms with van der Waals surface area (Å²) in [7, 11) is 0. The predicted molar refractivity (Wildman–Crippen MR) is 348 cm³/mol. The van der Waals surface area contributed by atoms with Crippen molar-refractivity contribution in [3.05, 3.63) is 116 Å². The molecule has 97 heavy (non-hydrogen) atoms. The average molecular weight is 1410 g/mol. The fourth-order valence-corrected chi connectivity index (χ4v) is 13.0. The summed E-state index contributed by atoms with van der Waals surface area (Å²) in [6.45, 7) is 6.16. The number of carbonyl (C=O) groups is 5. The summed E-state index contributed by atoms with van der Waals surface area (Å²) in [5.74, 6) is 1.52. The van der Waals surface area contributed by atoms with Gasteiger partial charge < -0.3 is 70.7 Å². The van der Waals surface area contributed by atoms with E-state index in [2.05, 4.69) is 67.7 Å². The lowest BCUT2D eigenvalue weighted by atomic mass is 9.90. The number of anilines is 4. The molecule has 0 spiro atoms. The summed E-state index contributed by atoms with van der Waals surface area (Å²) in [5.41, 5.74) is 2.16. The van der Waals surface area contributed by atoms with Gasteiger partial charge in [0.2, 0.25) is 21.8 Å². The van der Waals surface area contributed by atoms with Crippen LogP contribution in [0.4, 0.5) is 37.4 Å². The van der Waals surface area contributed by atoms with Crippen molar-refractivity contribution in [1.29, 1.82) is 0 Å². The first-order chi connectivity index (χ1) is 46.2. The molecule has 36 heteroatoms. The molecule has 508 valence electrons. The Morgan fingerprint density at radius 1 is 0.701 bits per heavy atom. The molecular weight excluding hydrogens is 1350 g/mol. The van der Waals surface area contributed by atoms with E-state index in [-0.39, 0.29) is 80.8 Å². The zero-order chi connectivity index (χ0) is 69.4. The number of urea groups is 2. The van der Waals surface area contributed by atoms with Crippen molar-refractivity contribution in [3.8, 4) is 24.7 Å². The monoisotopic (exact) mass is 1410 g/mol. The van der Waals surface area contributed by atoms with Crippen LogP contribution in [-0.4, -0.2) is 190 Å². The molecule has 4 saturated heterocycles. The minimum absolute atomic E-state index is 0.00360. The first kappa shape index (κ1) is 69.1. The number of ether oxygens (including phenoxy) is 5. The van der Waals surface area contributed by atoms with Crippen LogP contribution in [-0.2, 0) is 57.3 Å². The molecule has 2 unspecified atom stereocenters. The molecule has 4 aliphatic heterocycles. The number of hydrogen-bond acceptors (Lipinski definition) is 25. The van der Waals surface area contributed by atoms with Crippen LogP contribution in [0.3, 0.4) is 0 Å². The van der Waals surface area contributed by atoms with Gasteiger partial charge >= 0.3 is 30.1 Å². The molecule has 8 aromatic rings. The second-order valence-electron chi connectivity index (χ2n) is 23.6. The van der Waals surface area contributed by atoms with Crippen molar-refractivity contribution in [2.24, 2.45) is 0 Å². The number of carboxylic acids is 2. The Balaban J connectivity index is 0.000000199. The Bertz CT molecular complexity index is 4340. The van der Waals surface area contributed by atoms with Gasteiger partial charge in [0.15, 0.2) is 52.1 Å². The molecule has 10 heterocycles. The minimum Gasteiger partial charge on any atom is -0.479 e. The Kier molecular flexibility index (Phi) is 19.7. The van der Waals surface area contributed by atoms with E-state index in [0.29, 0.717) is 48.7 Å². The van der Waals surface area contributed by atoms with Gasteiger partial charge in [-0.3, -0.25) is 24.3 Å². The van der Waals surface area contributed by atoms with Gasteiger partial charge in [-0.2, -0.15) is 19.9 Å². The Hall–Kier alpha value is -9.27. The number of halogens is 2. The molecule has 32 nitrogen and oxygen atoms in total. The minimum atomic E-state index is -2.39. The van der Waals surface area contributed by atoms with Gasteiger partial charge in [0.05, 0.1) is 48.3 Å². The molecule has 2 aromatic carbocycles. The predicted octanol–water partition coefficient (Wildman–Crippen LogP) is 4.37.